The molecule has 2 nitrogen and oxygen atoms in total. The molecule has 0 unspecified atom stereocenters. The van der Waals surface area contributed by atoms with Gasteiger partial charge in [0.2, 0.25) is 0 Å². The zero-order chi connectivity index (χ0) is 25.6. The van der Waals surface area contributed by atoms with E-state index in [9.17, 15) is 9.13 Å². The maximum absolute atomic E-state index is 13.2. The molecule has 0 radical (unpaired) electrons. The molecular formula is C30H31ClO2P2. The predicted molar refractivity (Wildman–Crippen MR) is 154 cm³/mol. The predicted octanol–water partition coefficient (Wildman–Crippen LogP) is 7.84. The van der Waals surface area contributed by atoms with Crippen LogP contribution in [0.2, 0.25) is 5.02 Å². The second-order valence-corrected chi connectivity index (χ2v) is 16.7. The molecule has 35 heavy (non-hydrogen) atoms. The van der Waals surface area contributed by atoms with Crippen LogP contribution in [0.5, 0.6) is 0 Å². The Kier molecular flexibility index (Phi) is 6.80. The molecule has 5 heteroatoms. The SMILES string of the molecule is C=C(/C=C\C=C/C)C1(c2cccc(Cl)c2)c2cc(P(C)(C)=O)ccc2-c2ccc(P(C)(C)=O)cc21. The van der Waals surface area contributed by atoms with Crippen molar-refractivity contribution < 1.29 is 9.13 Å². The zero-order valence-electron chi connectivity index (χ0n) is 20.9. The summed E-state index contributed by atoms with van der Waals surface area (Å²) in [5.41, 5.74) is 5.22. The Balaban J connectivity index is 2.19. The van der Waals surface area contributed by atoms with Gasteiger partial charge in [0.05, 0.1) is 5.41 Å². The van der Waals surface area contributed by atoms with Crippen molar-refractivity contribution in [3.05, 3.63) is 119 Å². The van der Waals surface area contributed by atoms with Crippen LogP contribution in [0.15, 0.2) is 97.1 Å². The second-order valence-electron chi connectivity index (χ2n) is 9.83. The molecule has 0 bridgehead atoms. The van der Waals surface area contributed by atoms with Crippen LogP contribution in [-0.2, 0) is 14.5 Å². The van der Waals surface area contributed by atoms with Gasteiger partial charge >= 0.3 is 0 Å². The average Bonchev–Trinajstić information content (AvgIpc) is 3.08. The lowest BCUT2D eigenvalue weighted by molar-refractivity contribution is 0.587. The summed E-state index contributed by atoms with van der Waals surface area (Å²) in [4.78, 5) is 0. The van der Waals surface area contributed by atoms with Crippen molar-refractivity contribution in [3.63, 3.8) is 0 Å². The zero-order valence-corrected chi connectivity index (χ0v) is 23.4. The summed E-state index contributed by atoms with van der Waals surface area (Å²) < 4.78 is 26.3. The average molecular weight is 521 g/mol. The van der Waals surface area contributed by atoms with Gasteiger partial charge in [-0.2, -0.15) is 0 Å². The van der Waals surface area contributed by atoms with E-state index < -0.39 is 19.7 Å². The van der Waals surface area contributed by atoms with Crippen molar-refractivity contribution in [3.8, 4) is 11.1 Å². The smallest absolute Gasteiger partial charge is 0.109 e. The minimum absolute atomic E-state index is 0.628. The quantitative estimate of drug-likeness (QED) is 0.245. The minimum Gasteiger partial charge on any atom is -0.319 e. The van der Waals surface area contributed by atoms with Crippen LogP contribution >= 0.6 is 25.9 Å². The van der Waals surface area contributed by atoms with Crippen LogP contribution in [0, 0.1) is 0 Å². The summed E-state index contributed by atoms with van der Waals surface area (Å²) in [5, 5.41) is 2.26. The number of rotatable bonds is 6. The fourth-order valence-electron chi connectivity index (χ4n) is 4.94. The van der Waals surface area contributed by atoms with Gasteiger partial charge in [-0.25, -0.2) is 0 Å². The Morgan fingerprint density at radius 1 is 0.829 bits per heavy atom. The number of halogens is 1. The van der Waals surface area contributed by atoms with Gasteiger partial charge in [0.1, 0.15) is 14.3 Å². The van der Waals surface area contributed by atoms with E-state index in [1.807, 2.05) is 61.6 Å². The van der Waals surface area contributed by atoms with E-state index in [1.165, 1.54) is 0 Å². The Labute approximate surface area is 214 Å². The lowest BCUT2D eigenvalue weighted by Gasteiger charge is -2.35. The third kappa shape index (κ3) is 4.49. The van der Waals surface area contributed by atoms with Crippen LogP contribution in [0.4, 0.5) is 0 Å². The van der Waals surface area contributed by atoms with Gasteiger partial charge in [0.15, 0.2) is 0 Å². The third-order valence-corrected chi connectivity index (χ3v) is 9.97. The molecule has 0 atom stereocenters. The van der Waals surface area contributed by atoms with E-state index >= 15 is 0 Å². The van der Waals surface area contributed by atoms with E-state index in [1.54, 1.807) is 26.7 Å². The molecule has 3 aromatic carbocycles. The fourth-order valence-corrected chi connectivity index (χ4v) is 6.88. The van der Waals surface area contributed by atoms with Gasteiger partial charge in [-0.15, -0.1) is 0 Å². The lowest BCUT2D eigenvalue weighted by atomic mass is 9.67. The molecule has 0 aromatic heterocycles. The Hall–Kier alpha value is -2.37. The molecule has 0 saturated heterocycles. The Morgan fingerprint density at radius 2 is 1.37 bits per heavy atom. The van der Waals surface area contributed by atoms with Crippen molar-refractivity contribution >= 4 is 36.5 Å². The molecule has 1 aliphatic rings. The number of hydrogen-bond acceptors (Lipinski definition) is 2. The van der Waals surface area contributed by atoms with E-state index in [-0.39, 0.29) is 0 Å². The van der Waals surface area contributed by atoms with Crippen LogP contribution < -0.4 is 10.6 Å². The van der Waals surface area contributed by atoms with E-state index in [2.05, 4.69) is 36.9 Å². The number of hydrogen-bond donors (Lipinski definition) is 0. The van der Waals surface area contributed by atoms with Gasteiger partial charge in [-0.05, 0) is 91.2 Å². The van der Waals surface area contributed by atoms with Crippen LogP contribution in [0.25, 0.3) is 11.1 Å². The van der Waals surface area contributed by atoms with Gasteiger partial charge in [0, 0.05) is 15.6 Å². The fraction of sp³-hybridized carbons (Fsp3) is 0.200. The minimum atomic E-state index is -2.52. The summed E-state index contributed by atoms with van der Waals surface area (Å²) in [5.74, 6) is 0. The largest absolute Gasteiger partial charge is 0.319 e. The van der Waals surface area contributed by atoms with Crippen molar-refractivity contribution in [2.45, 2.75) is 12.3 Å². The highest BCUT2D eigenvalue weighted by molar-refractivity contribution is 7.70. The van der Waals surface area contributed by atoms with Crippen molar-refractivity contribution in [1.29, 1.82) is 0 Å². The summed E-state index contributed by atoms with van der Waals surface area (Å²) in [7, 11) is -5.05. The van der Waals surface area contributed by atoms with Gasteiger partial charge in [-0.3, -0.25) is 0 Å². The molecule has 3 aromatic rings. The van der Waals surface area contributed by atoms with Crippen molar-refractivity contribution in [2.75, 3.05) is 26.7 Å². The van der Waals surface area contributed by atoms with Gasteiger partial charge in [0.25, 0.3) is 0 Å². The molecule has 0 aliphatic heterocycles. The standard InChI is InChI=1S/C30H31ClO2P2/c1-7-8-9-11-21(2)30(22-12-10-13-23(31)18-22)28-19-24(34(3,4)32)14-16-26(28)27-17-15-25(20-29(27)30)35(5,6)33/h7-20H,2H2,1,3-6H3/b8-7-,11-9-. The Bertz CT molecular complexity index is 1410. The third-order valence-electron chi connectivity index (χ3n) is 6.69. The van der Waals surface area contributed by atoms with Crippen LogP contribution in [-0.4, -0.2) is 26.7 Å². The maximum Gasteiger partial charge on any atom is 0.109 e. The maximum atomic E-state index is 13.2. The molecule has 4 rings (SSSR count). The molecular weight excluding hydrogens is 490 g/mol. The highest BCUT2D eigenvalue weighted by Gasteiger charge is 2.47. The number of benzene rings is 3. The first-order chi connectivity index (χ1) is 16.4. The first-order valence-corrected chi connectivity index (χ1v) is 17.1. The van der Waals surface area contributed by atoms with E-state index in [0.29, 0.717) is 5.02 Å². The van der Waals surface area contributed by atoms with Crippen LogP contribution in [0.1, 0.15) is 23.6 Å². The van der Waals surface area contributed by atoms with Crippen molar-refractivity contribution in [1.82, 2.24) is 0 Å². The topological polar surface area (TPSA) is 34.1 Å². The first-order valence-electron chi connectivity index (χ1n) is 11.6. The molecule has 0 fully saturated rings. The normalized spacial score (nSPS) is 14.9. The lowest BCUT2D eigenvalue weighted by Crippen LogP contribution is -2.30. The molecule has 0 saturated carbocycles. The molecule has 0 heterocycles. The van der Waals surface area contributed by atoms with Gasteiger partial charge < -0.3 is 9.13 Å². The molecule has 1 aliphatic carbocycles. The Morgan fingerprint density at radius 3 is 1.83 bits per heavy atom. The monoisotopic (exact) mass is 520 g/mol. The molecule has 0 N–H and O–H groups in total. The summed E-state index contributed by atoms with van der Waals surface area (Å²) >= 11 is 6.53. The second kappa shape index (κ2) is 9.25. The highest BCUT2D eigenvalue weighted by atomic mass is 35.5. The molecule has 0 amide bonds. The van der Waals surface area contributed by atoms with Crippen LogP contribution in [0.3, 0.4) is 0 Å². The number of fused-ring (bicyclic) bond motifs is 3. The molecule has 0 spiro atoms. The molecule has 180 valence electrons. The first kappa shape index (κ1) is 25.7. The van der Waals surface area contributed by atoms with E-state index in [0.717, 1.165) is 44.0 Å². The summed E-state index contributed by atoms with van der Waals surface area (Å²) in [6.07, 6.45) is 7.94. The highest BCUT2D eigenvalue weighted by Crippen LogP contribution is 2.57. The van der Waals surface area contributed by atoms with Crippen molar-refractivity contribution in [2.24, 2.45) is 0 Å². The number of allylic oxidation sites excluding steroid dienone is 5. The summed E-state index contributed by atoms with van der Waals surface area (Å²) in [6, 6.07) is 20.1. The summed E-state index contributed by atoms with van der Waals surface area (Å²) in [6.45, 7) is 13.7. The van der Waals surface area contributed by atoms with Gasteiger partial charge in [-0.1, -0.05) is 78.9 Å². The van der Waals surface area contributed by atoms with E-state index in [4.69, 9.17) is 11.6 Å².